The summed E-state index contributed by atoms with van der Waals surface area (Å²) in [7, 11) is 0. The topological polar surface area (TPSA) is 20.2 Å². The van der Waals surface area contributed by atoms with Gasteiger partial charge in [0.05, 0.1) is 19.0 Å². The van der Waals surface area contributed by atoms with Gasteiger partial charge in [-0.05, 0) is 31.9 Å². The van der Waals surface area contributed by atoms with Crippen molar-refractivity contribution in [3.8, 4) is 5.75 Å². The van der Waals surface area contributed by atoms with Crippen molar-refractivity contribution in [3.63, 3.8) is 0 Å². The van der Waals surface area contributed by atoms with Gasteiger partial charge in [0.15, 0.2) is 0 Å². The zero-order valence-electron chi connectivity index (χ0n) is 5.04. The molecule has 0 aliphatic carbocycles. The molecule has 0 saturated carbocycles. The van der Waals surface area contributed by atoms with Gasteiger partial charge in [-0.3, -0.25) is 0 Å². The third kappa shape index (κ3) is 1.83. The Balaban J connectivity index is 3.46. The van der Waals surface area contributed by atoms with Crippen LogP contribution in [0.1, 0.15) is 0 Å². The first-order chi connectivity index (χ1) is 5.04. The Morgan fingerprint density at radius 1 is 1.18 bits per heavy atom. The predicted octanol–water partition coefficient (Wildman–Crippen LogP) is 4.22. The van der Waals surface area contributed by atoms with Gasteiger partial charge in [-0.2, -0.15) is 0 Å². The molecular formula is C6H2Br2Cl2O. The van der Waals surface area contributed by atoms with Gasteiger partial charge in [0, 0.05) is 6.07 Å². The van der Waals surface area contributed by atoms with E-state index in [1.54, 1.807) is 0 Å². The molecule has 0 radical (unpaired) electrons. The average molecular weight is 321 g/mol. The molecule has 1 rings (SSSR count). The van der Waals surface area contributed by atoms with Crippen LogP contribution in [-0.2, 0) is 0 Å². The van der Waals surface area contributed by atoms with E-state index >= 15 is 0 Å². The fourth-order valence-corrected chi connectivity index (χ4v) is 1.86. The van der Waals surface area contributed by atoms with Crippen LogP contribution in [0, 0.1) is 0 Å². The van der Waals surface area contributed by atoms with E-state index in [1.165, 1.54) is 6.07 Å². The molecule has 1 aromatic rings. The minimum absolute atomic E-state index is 0.0614. The monoisotopic (exact) mass is 318 g/mol. The summed E-state index contributed by atoms with van der Waals surface area (Å²) in [6.07, 6.45) is 0. The van der Waals surface area contributed by atoms with Crippen molar-refractivity contribution >= 4 is 55.1 Å². The average Bonchev–Trinajstić information content (AvgIpc) is 1.97. The molecule has 1 aromatic carbocycles. The van der Waals surface area contributed by atoms with Crippen LogP contribution in [0.4, 0.5) is 0 Å². The summed E-state index contributed by atoms with van der Waals surface area (Å²) in [4.78, 5) is 0. The summed E-state index contributed by atoms with van der Waals surface area (Å²) < 4.78 is 1.07. The number of rotatable bonds is 0. The molecular weight excluding hydrogens is 319 g/mol. The lowest BCUT2D eigenvalue weighted by molar-refractivity contribution is 0.471. The van der Waals surface area contributed by atoms with Crippen molar-refractivity contribution in [2.24, 2.45) is 0 Å². The quantitative estimate of drug-likeness (QED) is 0.560. The highest BCUT2D eigenvalue weighted by atomic mass is 79.9. The molecule has 0 saturated heterocycles. The van der Waals surface area contributed by atoms with Crippen molar-refractivity contribution < 1.29 is 5.11 Å². The first kappa shape index (κ1) is 9.65. The van der Waals surface area contributed by atoms with Gasteiger partial charge >= 0.3 is 0 Å². The van der Waals surface area contributed by atoms with E-state index in [4.69, 9.17) is 23.2 Å². The van der Waals surface area contributed by atoms with Gasteiger partial charge in [0.25, 0.3) is 0 Å². The summed E-state index contributed by atoms with van der Waals surface area (Å²) in [6, 6.07) is 1.37. The molecule has 60 valence electrons. The number of aromatic hydroxyl groups is 1. The zero-order chi connectivity index (χ0) is 8.59. The summed E-state index contributed by atoms with van der Waals surface area (Å²) in [5.74, 6) is 0.0614. The third-order valence-corrected chi connectivity index (χ3v) is 4.23. The van der Waals surface area contributed by atoms with Gasteiger partial charge in [0.2, 0.25) is 0 Å². The molecule has 0 spiro atoms. The minimum atomic E-state index is 0.0614. The Hall–Kier alpha value is 0.560. The largest absolute Gasteiger partial charge is 0.507 e. The third-order valence-electron chi connectivity index (χ3n) is 1.08. The second kappa shape index (κ2) is 3.52. The summed E-state index contributed by atoms with van der Waals surface area (Å²) in [5.41, 5.74) is 0. The van der Waals surface area contributed by atoms with Crippen molar-refractivity contribution in [1.82, 2.24) is 0 Å². The zero-order valence-corrected chi connectivity index (χ0v) is 9.72. The smallest absolute Gasteiger partial charge is 0.132 e. The Bertz CT molecular complexity index is 275. The van der Waals surface area contributed by atoms with Crippen LogP contribution >= 0.6 is 55.1 Å². The van der Waals surface area contributed by atoms with Crippen molar-refractivity contribution in [2.45, 2.75) is 0 Å². The van der Waals surface area contributed by atoms with Crippen LogP contribution in [0.3, 0.4) is 0 Å². The number of phenolic OH excluding ortho intramolecular Hbond substituents is 1. The maximum absolute atomic E-state index is 9.19. The molecule has 1 N–H and O–H groups in total. The second-order valence-electron chi connectivity index (χ2n) is 1.82. The van der Waals surface area contributed by atoms with E-state index in [0.717, 1.165) is 0 Å². The lowest BCUT2D eigenvalue weighted by Gasteiger charge is -2.03. The Morgan fingerprint density at radius 2 is 1.73 bits per heavy atom. The molecule has 0 fully saturated rings. The highest BCUT2D eigenvalue weighted by Crippen LogP contribution is 2.41. The number of benzene rings is 1. The number of hydrogen-bond donors (Lipinski definition) is 1. The molecule has 0 aromatic heterocycles. The van der Waals surface area contributed by atoms with Crippen LogP contribution in [0.25, 0.3) is 0 Å². The molecule has 0 unspecified atom stereocenters. The highest BCUT2D eigenvalue weighted by molar-refractivity contribution is 9.13. The van der Waals surface area contributed by atoms with E-state index in [2.05, 4.69) is 31.9 Å². The normalized spacial score (nSPS) is 10.2. The predicted molar refractivity (Wildman–Crippen MR) is 53.5 cm³/mol. The van der Waals surface area contributed by atoms with Gasteiger partial charge in [0.1, 0.15) is 5.75 Å². The standard InChI is InChI=1S/C6H2Br2Cl2O/c7-4-3(11)1-2(9)6(10)5(4)8/h1,11H. The fraction of sp³-hybridized carbons (Fsp3) is 0. The van der Waals surface area contributed by atoms with Crippen molar-refractivity contribution in [1.29, 1.82) is 0 Å². The molecule has 0 bridgehead atoms. The fourth-order valence-electron chi connectivity index (χ4n) is 0.560. The summed E-state index contributed by atoms with van der Waals surface area (Å²) in [5, 5.41) is 9.89. The molecule has 0 heterocycles. The van der Waals surface area contributed by atoms with E-state index in [9.17, 15) is 5.11 Å². The lowest BCUT2D eigenvalue weighted by atomic mass is 10.3. The maximum Gasteiger partial charge on any atom is 0.132 e. The van der Waals surface area contributed by atoms with Gasteiger partial charge < -0.3 is 5.11 Å². The molecule has 1 nitrogen and oxygen atoms in total. The van der Waals surface area contributed by atoms with Crippen LogP contribution in [0.2, 0.25) is 10.0 Å². The van der Waals surface area contributed by atoms with Crippen LogP contribution in [0.15, 0.2) is 15.0 Å². The van der Waals surface area contributed by atoms with Gasteiger partial charge in [-0.25, -0.2) is 0 Å². The number of phenols is 1. The maximum atomic E-state index is 9.19. The number of halogens is 4. The van der Waals surface area contributed by atoms with E-state index in [-0.39, 0.29) is 5.75 Å². The van der Waals surface area contributed by atoms with Crippen LogP contribution in [-0.4, -0.2) is 5.11 Å². The summed E-state index contributed by atoms with van der Waals surface area (Å²) >= 11 is 17.7. The molecule has 11 heavy (non-hydrogen) atoms. The minimum Gasteiger partial charge on any atom is -0.507 e. The van der Waals surface area contributed by atoms with E-state index < -0.39 is 0 Å². The summed E-state index contributed by atoms with van der Waals surface area (Å²) in [6.45, 7) is 0. The highest BCUT2D eigenvalue weighted by Gasteiger charge is 2.10. The first-order valence-corrected chi connectivity index (χ1v) is 4.90. The van der Waals surface area contributed by atoms with Crippen molar-refractivity contribution in [3.05, 3.63) is 25.1 Å². The molecule has 0 aliphatic heterocycles. The van der Waals surface area contributed by atoms with E-state index in [0.29, 0.717) is 19.0 Å². The van der Waals surface area contributed by atoms with Crippen LogP contribution in [0.5, 0.6) is 5.75 Å². The molecule has 0 aliphatic rings. The molecule has 0 atom stereocenters. The Kier molecular flexibility index (Phi) is 3.09. The number of hydrogen-bond acceptors (Lipinski definition) is 1. The first-order valence-electron chi connectivity index (χ1n) is 2.56. The van der Waals surface area contributed by atoms with Crippen LogP contribution < -0.4 is 0 Å². The molecule has 0 amide bonds. The Morgan fingerprint density at radius 3 is 2.27 bits per heavy atom. The lowest BCUT2D eigenvalue weighted by Crippen LogP contribution is -1.76. The Labute approximate surface area is 90.6 Å². The SMILES string of the molecule is Oc1cc(Cl)c(Cl)c(Br)c1Br. The second-order valence-corrected chi connectivity index (χ2v) is 4.19. The van der Waals surface area contributed by atoms with E-state index in [1.807, 2.05) is 0 Å². The van der Waals surface area contributed by atoms with Gasteiger partial charge in [-0.15, -0.1) is 0 Å². The molecule has 5 heteroatoms. The van der Waals surface area contributed by atoms with Crippen molar-refractivity contribution in [2.75, 3.05) is 0 Å². The van der Waals surface area contributed by atoms with Gasteiger partial charge in [-0.1, -0.05) is 23.2 Å².